The normalized spacial score (nSPS) is 13.6. The third kappa shape index (κ3) is 3.03. The van der Waals surface area contributed by atoms with Crippen molar-refractivity contribution in [3.05, 3.63) is 57.4 Å². The summed E-state index contributed by atoms with van der Waals surface area (Å²) >= 11 is 0. The van der Waals surface area contributed by atoms with E-state index in [1.807, 2.05) is 6.07 Å². The number of hydrogen-bond acceptors (Lipinski definition) is 5. The Kier molecular flexibility index (Phi) is 4.02. The van der Waals surface area contributed by atoms with Gasteiger partial charge in [0.2, 0.25) is 0 Å². The van der Waals surface area contributed by atoms with E-state index in [-0.39, 0.29) is 11.5 Å². The number of amides is 1. The Morgan fingerprint density at radius 1 is 1.28 bits per heavy atom. The van der Waals surface area contributed by atoms with Crippen LogP contribution in [0.4, 0.5) is 0 Å². The van der Waals surface area contributed by atoms with E-state index in [9.17, 15) is 9.59 Å². The molecule has 1 amide bonds. The third-order valence-electron chi connectivity index (χ3n) is 4.33. The van der Waals surface area contributed by atoms with Gasteiger partial charge in [-0.15, -0.1) is 0 Å². The van der Waals surface area contributed by atoms with Crippen LogP contribution in [0.2, 0.25) is 0 Å². The van der Waals surface area contributed by atoms with Crippen molar-refractivity contribution in [2.24, 2.45) is 0 Å². The van der Waals surface area contributed by atoms with Gasteiger partial charge in [0.1, 0.15) is 5.82 Å². The summed E-state index contributed by atoms with van der Waals surface area (Å²) in [5.41, 5.74) is 2.89. The van der Waals surface area contributed by atoms with Gasteiger partial charge >= 0.3 is 0 Å². The molecule has 25 heavy (non-hydrogen) atoms. The van der Waals surface area contributed by atoms with Crippen LogP contribution in [0.3, 0.4) is 0 Å². The van der Waals surface area contributed by atoms with Crippen LogP contribution in [0.15, 0.2) is 29.1 Å². The van der Waals surface area contributed by atoms with Crippen molar-refractivity contribution in [2.75, 3.05) is 13.1 Å². The first-order chi connectivity index (χ1) is 12.2. The van der Waals surface area contributed by atoms with Crippen molar-refractivity contribution in [1.29, 1.82) is 0 Å². The fourth-order valence-electron chi connectivity index (χ4n) is 3.06. The quantitative estimate of drug-likeness (QED) is 0.545. The smallest absolute Gasteiger partial charge is 0.272 e. The molecular formula is C17H18N6O2. The second-order valence-electron chi connectivity index (χ2n) is 5.99. The molecule has 0 saturated carbocycles. The highest BCUT2D eigenvalue weighted by molar-refractivity contribution is 5.94. The average molecular weight is 338 g/mol. The van der Waals surface area contributed by atoms with Crippen molar-refractivity contribution in [3.63, 3.8) is 0 Å². The predicted octanol–water partition coefficient (Wildman–Crippen LogP) is 0.264. The zero-order chi connectivity index (χ0) is 17.2. The van der Waals surface area contributed by atoms with Gasteiger partial charge in [-0.05, 0) is 25.1 Å². The number of benzene rings is 1. The zero-order valence-electron chi connectivity index (χ0n) is 13.6. The molecule has 0 radical (unpaired) electrons. The van der Waals surface area contributed by atoms with Gasteiger partial charge in [0.25, 0.3) is 11.5 Å². The molecule has 1 aromatic carbocycles. The van der Waals surface area contributed by atoms with Crippen LogP contribution in [0, 0.1) is 0 Å². The summed E-state index contributed by atoms with van der Waals surface area (Å²) in [4.78, 5) is 31.6. The van der Waals surface area contributed by atoms with E-state index < -0.39 is 0 Å². The summed E-state index contributed by atoms with van der Waals surface area (Å²) in [5, 5.41) is 13.7. The number of para-hydroxylation sites is 1. The van der Waals surface area contributed by atoms with E-state index in [0.717, 1.165) is 24.2 Å². The summed E-state index contributed by atoms with van der Waals surface area (Å²) in [6, 6.07) is 7.19. The van der Waals surface area contributed by atoms with Crippen LogP contribution in [0.5, 0.6) is 0 Å². The Hall–Kier alpha value is -3.00. The molecule has 8 heteroatoms. The number of hydrogen-bond donors (Lipinski definition) is 4. The fourth-order valence-corrected chi connectivity index (χ4v) is 3.06. The van der Waals surface area contributed by atoms with Crippen molar-refractivity contribution in [3.8, 4) is 0 Å². The number of aromatic nitrogens is 4. The van der Waals surface area contributed by atoms with Crippen molar-refractivity contribution < 1.29 is 4.79 Å². The first kappa shape index (κ1) is 15.5. The first-order valence-corrected chi connectivity index (χ1v) is 8.25. The van der Waals surface area contributed by atoms with Gasteiger partial charge in [-0.3, -0.25) is 14.7 Å². The Balaban J connectivity index is 1.43. The van der Waals surface area contributed by atoms with E-state index in [1.54, 1.807) is 18.2 Å². The van der Waals surface area contributed by atoms with Gasteiger partial charge < -0.3 is 15.6 Å². The predicted molar refractivity (Wildman–Crippen MR) is 92.4 cm³/mol. The van der Waals surface area contributed by atoms with Gasteiger partial charge in [0, 0.05) is 25.1 Å². The SMILES string of the molecule is O=C(NCCc1nc2ccccc2c(=O)[nH]1)c1n[nH]c2c1CCNC2. The monoisotopic (exact) mass is 338 g/mol. The molecule has 0 aliphatic carbocycles. The number of rotatable bonds is 4. The lowest BCUT2D eigenvalue weighted by molar-refractivity contribution is 0.0948. The summed E-state index contributed by atoms with van der Waals surface area (Å²) < 4.78 is 0. The number of aromatic amines is 2. The molecule has 8 nitrogen and oxygen atoms in total. The third-order valence-corrected chi connectivity index (χ3v) is 4.33. The number of carbonyl (C=O) groups excluding carboxylic acids is 1. The van der Waals surface area contributed by atoms with Crippen molar-refractivity contribution in [2.45, 2.75) is 19.4 Å². The molecule has 3 aromatic rings. The van der Waals surface area contributed by atoms with Crippen LogP contribution in [-0.2, 0) is 19.4 Å². The van der Waals surface area contributed by atoms with E-state index in [1.165, 1.54) is 0 Å². The highest BCUT2D eigenvalue weighted by Gasteiger charge is 2.21. The maximum atomic E-state index is 12.3. The molecule has 3 heterocycles. The lowest BCUT2D eigenvalue weighted by Gasteiger charge is -2.12. The molecule has 4 N–H and O–H groups in total. The van der Waals surface area contributed by atoms with Crippen LogP contribution in [0.25, 0.3) is 10.9 Å². The Morgan fingerprint density at radius 2 is 2.16 bits per heavy atom. The minimum absolute atomic E-state index is 0.166. The van der Waals surface area contributed by atoms with Crippen LogP contribution in [-0.4, -0.2) is 39.2 Å². The van der Waals surface area contributed by atoms with Crippen LogP contribution >= 0.6 is 0 Å². The largest absolute Gasteiger partial charge is 0.350 e. The molecule has 0 saturated heterocycles. The van der Waals surface area contributed by atoms with E-state index in [0.29, 0.717) is 41.9 Å². The first-order valence-electron chi connectivity index (χ1n) is 8.25. The Labute approximate surface area is 143 Å². The van der Waals surface area contributed by atoms with Crippen molar-refractivity contribution in [1.82, 2.24) is 30.8 Å². The number of nitrogens with zero attached hydrogens (tertiary/aromatic N) is 2. The van der Waals surface area contributed by atoms with Gasteiger partial charge in [0.05, 0.1) is 16.6 Å². The minimum atomic E-state index is -0.206. The van der Waals surface area contributed by atoms with Crippen molar-refractivity contribution >= 4 is 16.8 Å². The molecule has 0 atom stereocenters. The summed E-state index contributed by atoms with van der Waals surface area (Å²) in [7, 11) is 0. The molecule has 0 bridgehead atoms. The van der Waals surface area contributed by atoms with Gasteiger partial charge in [-0.1, -0.05) is 12.1 Å². The molecule has 0 fully saturated rings. The molecule has 0 spiro atoms. The van der Waals surface area contributed by atoms with Gasteiger partial charge in [0.15, 0.2) is 5.69 Å². The molecule has 0 unspecified atom stereocenters. The summed E-state index contributed by atoms with van der Waals surface area (Å²) in [5.74, 6) is 0.347. The maximum Gasteiger partial charge on any atom is 0.272 e. The molecule has 1 aliphatic rings. The Bertz CT molecular complexity index is 990. The van der Waals surface area contributed by atoms with Gasteiger partial charge in [-0.2, -0.15) is 5.10 Å². The number of carbonyl (C=O) groups is 1. The van der Waals surface area contributed by atoms with E-state index in [4.69, 9.17) is 0 Å². The van der Waals surface area contributed by atoms with Crippen LogP contribution in [0.1, 0.15) is 27.6 Å². The topological polar surface area (TPSA) is 116 Å². The fraction of sp³-hybridized carbons (Fsp3) is 0.294. The number of H-pyrrole nitrogens is 2. The summed E-state index contributed by atoms with van der Waals surface area (Å²) in [6.07, 6.45) is 1.23. The molecule has 4 rings (SSSR count). The average Bonchev–Trinajstić information content (AvgIpc) is 3.06. The maximum absolute atomic E-state index is 12.3. The molecular weight excluding hydrogens is 320 g/mol. The highest BCUT2D eigenvalue weighted by Crippen LogP contribution is 2.15. The van der Waals surface area contributed by atoms with E-state index in [2.05, 4.69) is 30.8 Å². The molecule has 1 aliphatic heterocycles. The minimum Gasteiger partial charge on any atom is -0.350 e. The number of fused-ring (bicyclic) bond motifs is 2. The Morgan fingerprint density at radius 3 is 3.08 bits per heavy atom. The number of nitrogens with one attached hydrogen (secondary N) is 4. The van der Waals surface area contributed by atoms with Gasteiger partial charge in [-0.25, -0.2) is 4.98 Å². The second kappa shape index (κ2) is 6.48. The highest BCUT2D eigenvalue weighted by atomic mass is 16.2. The summed E-state index contributed by atoms with van der Waals surface area (Å²) in [6.45, 7) is 1.92. The van der Waals surface area contributed by atoms with Crippen LogP contribution < -0.4 is 16.2 Å². The zero-order valence-corrected chi connectivity index (χ0v) is 13.6. The molecule has 2 aromatic heterocycles. The second-order valence-corrected chi connectivity index (χ2v) is 5.99. The standard InChI is InChI=1S/C17H18N6O2/c24-16-11-3-1-2-4-12(11)20-14(21-16)6-8-19-17(25)15-10-5-7-18-9-13(10)22-23-15/h1-4,18H,5-9H2,(H,19,25)(H,22,23)(H,20,21,24). The lowest BCUT2D eigenvalue weighted by Crippen LogP contribution is -2.29. The van der Waals surface area contributed by atoms with E-state index >= 15 is 0 Å². The molecule has 128 valence electrons. The lowest BCUT2D eigenvalue weighted by atomic mass is 10.1.